The van der Waals surface area contributed by atoms with Crippen molar-refractivity contribution in [3.05, 3.63) is 83.0 Å². The molecule has 0 saturated heterocycles. The van der Waals surface area contributed by atoms with Gasteiger partial charge < -0.3 is 19.7 Å². The Kier molecular flexibility index (Phi) is 7.38. The number of aromatic nitrogens is 1. The zero-order chi connectivity index (χ0) is 22.2. The van der Waals surface area contributed by atoms with Gasteiger partial charge in [0.2, 0.25) is 0 Å². The van der Waals surface area contributed by atoms with Crippen LogP contribution in [0.2, 0.25) is 0 Å². The minimum Gasteiger partial charge on any atom is -0.492 e. The number of carbonyl (C=O) groups excluding carboxylic acids is 1. The summed E-state index contributed by atoms with van der Waals surface area (Å²) in [6, 6.07) is 20.7. The van der Waals surface area contributed by atoms with Crippen LogP contribution in [0.15, 0.2) is 60.7 Å². The molecule has 0 bridgehead atoms. The number of nitrogens with zero attached hydrogens (tertiary/aromatic N) is 2. The summed E-state index contributed by atoms with van der Waals surface area (Å²) in [6.45, 7) is 5.36. The van der Waals surface area contributed by atoms with Gasteiger partial charge in [0.15, 0.2) is 0 Å². The van der Waals surface area contributed by atoms with E-state index in [1.54, 1.807) is 0 Å². The predicted molar refractivity (Wildman–Crippen MR) is 130 cm³/mol. The smallest absolute Gasteiger partial charge is 0.126 e. The molecule has 0 unspecified atom stereocenters. The molecule has 2 heterocycles. The quantitative estimate of drug-likeness (QED) is 0.462. The number of nitrogens with one attached hydrogen (secondary N) is 1. The molecule has 5 heteroatoms. The Morgan fingerprint density at radius 1 is 1.06 bits per heavy atom. The second-order valence-electron chi connectivity index (χ2n) is 8.17. The first-order chi connectivity index (χ1) is 15.7. The number of fused-ring (bicyclic) bond motifs is 1. The van der Waals surface area contributed by atoms with Gasteiger partial charge in [-0.2, -0.15) is 0 Å². The van der Waals surface area contributed by atoms with Crippen LogP contribution in [0.25, 0.3) is 0 Å². The summed E-state index contributed by atoms with van der Waals surface area (Å²) in [5.41, 5.74) is 6.18. The third-order valence-corrected chi connectivity index (χ3v) is 6.00. The van der Waals surface area contributed by atoms with Crippen molar-refractivity contribution < 1.29 is 9.53 Å². The van der Waals surface area contributed by atoms with E-state index in [1.165, 1.54) is 16.8 Å². The van der Waals surface area contributed by atoms with E-state index in [0.29, 0.717) is 13.0 Å². The van der Waals surface area contributed by atoms with Crippen molar-refractivity contribution in [1.29, 1.82) is 0 Å². The Morgan fingerprint density at radius 3 is 2.75 bits per heavy atom. The number of rotatable bonds is 10. The van der Waals surface area contributed by atoms with Gasteiger partial charge in [-0.05, 0) is 67.1 Å². The third kappa shape index (κ3) is 5.47. The Labute approximate surface area is 190 Å². The van der Waals surface area contributed by atoms with Gasteiger partial charge in [-0.25, -0.2) is 4.98 Å². The van der Waals surface area contributed by atoms with E-state index in [4.69, 9.17) is 4.74 Å². The van der Waals surface area contributed by atoms with Gasteiger partial charge in [-0.15, -0.1) is 0 Å². The molecule has 3 aromatic rings. The molecule has 166 valence electrons. The van der Waals surface area contributed by atoms with Crippen molar-refractivity contribution in [2.75, 3.05) is 29.9 Å². The summed E-state index contributed by atoms with van der Waals surface area (Å²) in [6.07, 6.45) is 4.50. The summed E-state index contributed by atoms with van der Waals surface area (Å²) in [5, 5.41) is 3.49. The highest BCUT2D eigenvalue weighted by Crippen LogP contribution is 2.30. The van der Waals surface area contributed by atoms with Crippen LogP contribution in [0.5, 0.6) is 5.75 Å². The third-order valence-electron chi connectivity index (χ3n) is 6.00. The number of ether oxygens (including phenoxy) is 1. The summed E-state index contributed by atoms with van der Waals surface area (Å²) < 4.78 is 5.92. The maximum absolute atomic E-state index is 10.6. The zero-order valence-corrected chi connectivity index (χ0v) is 18.7. The number of hydrogen-bond donors (Lipinski definition) is 1. The average molecular weight is 430 g/mol. The van der Waals surface area contributed by atoms with Crippen molar-refractivity contribution in [3.8, 4) is 5.75 Å². The van der Waals surface area contributed by atoms with Crippen molar-refractivity contribution in [2.24, 2.45) is 0 Å². The van der Waals surface area contributed by atoms with Crippen LogP contribution in [-0.2, 0) is 24.2 Å². The topological polar surface area (TPSA) is 54.5 Å². The molecule has 32 heavy (non-hydrogen) atoms. The van der Waals surface area contributed by atoms with E-state index in [2.05, 4.69) is 39.5 Å². The van der Waals surface area contributed by atoms with E-state index in [-0.39, 0.29) is 0 Å². The molecule has 0 amide bonds. The fourth-order valence-electron chi connectivity index (χ4n) is 4.31. The number of carbonyl (C=O) groups is 1. The standard InChI is InChI=1S/C27H31N3O2/c1-21-22(9-7-18-31)14-15-27(29-21)28-20-23-8-5-13-26-25(23)12-6-16-30(26)17-19-32-24-10-3-2-4-11-24/h2-5,8,10-11,13-15,18H,6-7,9,12,16-17,19-20H2,1H3,(H,28,29). The minimum absolute atomic E-state index is 0.540. The molecule has 5 nitrogen and oxygen atoms in total. The summed E-state index contributed by atoms with van der Waals surface area (Å²) in [7, 11) is 0. The number of aryl methyl sites for hydroxylation is 2. The van der Waals surface area contributed by atoms with E-state index in [0.717, 1.165) is 68.0 Å². The van der Waals surface area contributed by atoms with E-state index < -0.39 is 0 Å². The molecule has 1 N–H and O–H groups in total. The molecule has 1 aliphatic rings. The Balaban J connectivity index is 1.39. The zero-order valence-electron chi connectivity index (χ0n) is 18.7. The molecule has 0 spiro atoms. The first-order valence-electron chi connectivity index (χ1n) is 11.4. The highest BCUT2D eigenvalue weighted by molar-refractivity contribution is 5.59. The molecule has 0 fully saturated rings. The second-order valence-corrected chi connectivity index (χ2v) is 8.17. The fourth-order valence-corrected chi connectivity index (χ4v) is 4.31. The normalized spacial score (nSPS) is 12.8. The predicted octanol–water partition coefficient (Wildman–Crippen LogP) is 4.97. The molecule has 1 aromatic heterocycles. The molecule has 4 rings (SSSR count). The van der Waals surface area contributed by atoms with E-state index in [9.17, 15) is 4.79 Å². The van der Waals surface area contributed by atoms with Gasteiger partial charge in [0, 0.05) is 30.9 Å². The van der Waals surface area contributed by atoms with Crippen LogP contribution in [-0.4, -0.2) is 31.0 Å². The van der Waals surface area contributed by atoms with Gasteiger partial charge in [0.25, 0.3) is 0 Å². The van der Waals surface area contributed by atoms with Crippen molar-refractivity contribution in [3.63, 3.8) is 0 Å². The number of anilines is 2. The van der Waals surface area contributed by atoms with Crippen LogP contribution in [0, 0.1) is 6.92 Å². The number of aldehydes is 1. The lowest BCUT2D eigenvalue weighted by molar-refractivity contribution is -0.107. The van der Waals surface area contributed by atoms with E-state index in [1.807, 2.05) is 43.3 Å². The highest BCUT2D eigenvalue weighted by Gasteiger charge is 2.19. The van der Waals surface area contributed by atoms with Crippen molar-refractivity contribution >= 4 is 17.8 Å². The maximum Gasteiger partial charge on any atom is 0.126 e. The molecule has 0 atom stereocenters. The summed E-state index contributed by atoms with van der Waals surface area (Å²) >= 11 is 0. The Morgan fingerprint density at radius 2 is 1.94 bits per heavy atom. The lowest BCUT2D eigenvalue weighted by Gasteiger charge is -2.32. The first kappa shape index (κ1) is 21.9. The maximum atomic E-state index is 10.6. The molecular weight excluding hydrogens is 398 g/mol. The Hall–Kier alpha value is -3.34. The average Bonchev–Trinajstić information content (AvgIpc) is 2.83. The summed E-state index contributed by atoms with van der Waals surface area (Å²) in [4.78, 5) is 17.8. The van der Waals surface area contributed by atoms with Crippen LogP contribution >= 0.6 is 0 Å². The molecule has 0 saturated carbocycles. The van der Waals surface area contributed by atoms with Crippen LogP contribution in [0.1, 0.15) is 35.2 Å². The van der Waals surface area contributed by atoms with Gasteiger partial charge in [0.1, 0.15) is 24.5 Å². The molecule has 1 aliphatic heterocycles. The molecule has 0 aliphatic carbocycles. The molecular formula is C27H31N3O2. The van der Waals surface area contributed by atoms with E-state index >= 15 is 0 Å². The SMILES string of the molecule is Cc1nc(NCc2cccc3c2CCCN3CCOc2ccccc2)ccc1CCC=O. The minimum atomic E-state index is 0.540. The van der Waals surface area contributed by atoms with Crippen molar-refractivity contribution in [1.82, 2.24) is 4.98 Å². The monoisotopic (exact) mass is 429 g/mol. The lowest BCUT2D eigenvalue weighted by Crippen LogP contribution is -2.33. The second kappa shape index (κ2) is 10.8. The molecule has 0 radical (unpaired) electrons. The number of benzene rings is 2. The van der Waals surface area contributed by atoms with Gasteiger partial charge >= 0.3 is 0 Å². The number of pyridine rings is 1. The number of hydrogen-bond acceptors (Lipinski definition) is 5. The summed E-state index contributed by atoms with van der Waals surface area (Å²) in [5.74, 6) is 1.79. The fraction of sp³-hybridized carbons (Fsp3) is 0.333. The molecule has 2 aromatic carbocycles. The number of para-hydroxylation sites is 1. The van der Waals surface area contributed by atoms with Crippen LogP contribution in [0.4, 0.5) is 11.5 Å². The highest BCUT2D eigenvalue weighted by atomic mass is 16.5. The first-order valence-corrected chi connectivity index (χ1v) is 11.4. The van der Waals surface area contributed by atoms with Gasteiger partial charge in [0.05, 0.1) is 6.54 Å². The van der Waals surface area contributed by atoms with Crippen LogP contribution in [0.3, 0.4) is 0 Å². The Bertz CT molecular complexity index is 1040. The van der Waals surface area contributed by atoms with Crippen LogP contribution < -0.4 is 15.0 Å². The van der Waals surface area contributed by atoms with Gasteiger partial charge in [-0.1, -0.05) is 36.4 Å². The lowest BCUT2D eigenvalue weighted by atomic mass is 9.96. The largest absolute Gasteiger partial charge is 0.492 e. The van der Waals surface area contributed by atoms with Gasteiger partial charge in [-0.3, -0.25) is 0 Å². The van der Waals surface area contributed by atoms with Crippen molar-refractivity contribution in [2.45, 2.75) is 39.2 Å².